The zero-order chi connectivity index (χ0) is 9.23. The smallest absolute Gasteiger partial charge is 0.0300 e. The van der Waals surface area contributed by atoms with Crippen molar-refractivity contribution >= 4 is 0 Å². The fraction of sp³-hybridized carbons (Fsp3) is 0.750. The molecule has 0 saturated heterocycles. The first-order chi connectivity index (χ1) is 5.77. The van der Waals surface area contributed by atoms with Crippen molar-refractivity contribution in [2.24, 2.45) is 0 Å². The third-order valence-electron chi connectivity index (χ3n) is 1.95. The van der Waals surface area contributed by atoms with Crippen LogP contribution in [0.1, 0.15) is 59.3 Å². The van der Waals surface area contributed by atoms with Gasteiger partial charge >= 0.3 is 0 Å². The summed E-state index contributed by atoms with van der Waals surface area (Å²) in [7, 11) is 0. The maximum atomic E-state index is 2.33. The average molecular weight is 167 g/mol. The first-order valence-electron chi connectivity index (χ1n) is 5.21. The number of unbranched alkanes of at least 4 members (excludes halogenated alkanes) is 3. The summed E-state index contributed by atoms with van der Waals surface area (Å²) in [5.41, 5.74) is 0. The van der Waals surface area contributed by atoms with Crippen molar-refractivity contribution in [3.63, 3.8) is 0 Å². The van der Waals surface area contributed by atoms with E-state index in [-0.39, 0.29) is 0 Å². The van der Waals surface area contributed by atoms with Gasteiger partial charge in [0.05, 0.1) is 0 Å². The molecule has 0 amide bonds. The van der Waals surface area contributed by atoms with Gasteiger partial charge in [-0.1, -0.05) is 45.8 Å². The Bertz CT molecular complexity index is 101. The Labute approximate surface area is 78.1 Å². The minimum atomic E-state index is 1.23. The molecule has 1 radical (unpaired) electrons. The lowest BCUT2D eigenvalue weighted by Gasteiger charge is -1.98. The van der Waals surface area contributed by atoms with Crippen LogP contribution >= 0.6 is 0 Å². The van der Waals surface area contributed by atoms with E-state index in [9.17, 15) is 0 Å². The van der Waals surface area contributed by atoms with E-state index in [0.29, 0.717) is 0 Å². The molecule has 0 nitrogen and oxygen atoms in total. The van der Waals surface area contributed by atoms with Crippen molar-refractivity contribution in [3.8, 4) is 0 Å². The molecular formula is C12H23. The topological polar surface area (TPSA) is 0 Å². The summed E-state index contributed by atoms with van der Waals surface area (Å²) in [4.78, 5) is 0. The SMILES string of the molecule is CCCCCC=CCC[C](C)C. The molecule has 0 unspecified atom stereocenters. The molecule has 0 N–H and O–H groups in total. The van der Waals surface area contributed by atoms with Crippen LogP contribution in [0.15, 0.2) is 12.2 Å². The highest BCUT2D eigenvalue weighted by molar-refractivity contribution is 4.86. The largest absolute Gasteiger partial charge is 0.0885 e. The van der Waals surface area contributed by atoms with Crippen LogP contribution in [0.3, 0.4) is 0 Å². The van der Waals surface area contributed by atoms with E-state index in [2.05, 4.69) is 32.9 Å². The average Bonchev–Trinajstić information content (AvgIpc) is 2.02. The van der Waals surface area contributed by atoms with Crippen LogP contribution in [-0.4, -0.2) is 0 Å². The predicted molar refractivity (Wildman–Crippen MR) is 57.1 cm³/mol. The van der Waals surface area contributed by atoms with Crippen LogP contribution in [-0.2, 0) is 0 Å². The molecule has 0 atom stereocenters. The number of allylic oxidation sites excluding steroid dienone is 2. The summed E-state index contributed by atoms with van der Waals surface area (Å²) in [6.07, 6.45) is 12.5. The molecule has 0 spiro atoms. The predicted octanol–water partition coefficient (Wildman–Crippen LogP) is 4.52. The van der Waals surface area contributed by atoms with Gasteiger partial charge in [0.2, 0.25) is 0 Å². The summed E-state index contributed by atoms with van der Waals surface area (Å²) in [5.74, 6) is 1.54. The van der Waals surface area contributed by atoms with Crippen LogP contribution in [0.2, 0.25) is 0 Å². The van der Waals surface area contributed by atoms with Crippen molar-refractivity contribution in [1.29, 1.82) is 0 Å². The lowest BCUT2D eigenvalue weighted by Crippen LogP contribution is -1.80. The molecule has 0 bridgehead atoms. The molecule has 0 fully saturated rings. The summed E-state index contributed by atoms with van der Waals surface area (Å²) < 4.78 is 0. The highest BCUT2D eigenvalue weighted by atomic mass is 13.9. The molecule has 12 heavy (non-hydrogen) atoms. The molecule has 0 aromatic heterocycles. The monoisotopic (exact) mass is 167 g/mol. The number of rotatable bonds is 7. The molecule has 0 aromatic carbocycles. The third kappa shape index (κ3) is 9.74. The zero-order valence-corrected chi connectivity index (χ0v) is 8.90. The van der Waals surface area contributed by atoms with Crippen molar-refractivity contribution in [3.05, 3.63) is 18.1 Å². The number of hydrogen-bond acceptors (Lipinski definition) is 0. The molecule has 0 heteroatoms. The van der Waals surface area contributed by atoms with Crippen LogP contribution in [0, 0.1) is 5.92 Å². The van der Waals surface area contributed by atoms with Gasteiger partial charge in [-0.05, 0) is 31.6 Å². The second-order valence-corrected chi connectivity index (χ2v) is 3.71. The van der Waals surface area contributed by atoms with Crippen molar-refractivity contribution in [2.75, 3.05) is 0 Å². The first-order valence-corrected chi connectivity index (χ1v) is 5.21. The lowest BCUT2D eigenvalue weighted by molar-refractivity contribution is 0.727. The Morgan fingerprint density at radius 3 is 2.25 bits per heavy atom. The molecular weight excluding hydrogens is 144 g/mol. The molecule has 0 aromatic rings. The van der Waals surface area contributed by atoms with Crippen LogP contribution in [0.5, 0.6) is 0 Å². The van der Waals surface area contributed by atoms with Gasteiger partial charge in [-0.2, -0.15) is 0 Å². The summed E-state index contributed by atoms with van der Waals surface area (Å²) >= 11 is 0. The summed E-state index contributed by atoms with van der Waals surface area (Å²) in [6, 6.07) is 0. The lowest BCUT2D eigenvalue weighted by atomic mass is 10.1. The Morgan fingerprint density at radius 2 is 1.67 bits per heavy atom. The van der Waals surface area contributed by atoms with Crippen molar-refractivity contribution in [1.82, 2.24) is 0 Å². The standard InChI is InChI=1S/C12H23/c1-4-5-6-7-8-9-10-11-12(2)3/h8-9H,4-7,10-11H2,1-3H3. The number of hydrogen-bond donors (Lipinski definition) is 0. The fourth-order valence-electron chi connectivity index (χ4n) is 1.12. The molecule has 0 rings (SSSR count). The normalized spacial score (nSPS) is 11.7. The van der Waals surface area contributed by atoms with Gasteiger partial charge in [0.25, 0.3) is 0 Å². The van der Waals surface area contributed by atoms with E-state index in [4.69, 9.17) is 0 Å². The second kappa shape index (κ2) is 8.83. The van der Waals surface area contributed by atoms with Gasteiger partial charge in [-0.25, -0.2) is 0 Å². The Balaban J connectivity index is 3.04. The minimum Gasteiger partial charge on any atom is -0.0885 e. The fourth-order valence-corrected chi connectivity index (χ4v) is 1.12. The van der Waals surface area contributed by atoms with Gasteiger partial charge < -0.3 is 0 Å². The van der Waals surface area contributed by atoms with Crippen LogP contribution in [0.4, 0.5) is 0 Å². The maximum Gasteiger partial charge on any atom is -0.0300 e. The maximum absolute atomic E-state index is 2.33. The van der Waals surface area contributed by atoms with Crippen molar-refractivity contribution < 1.29 is 0 Å². The minimum absolute atomic E-state index is 1.23. The Hall–Kier alpha value is -0.260. The van der Waals surface area contributed by atoms with Crippen molar-refractivity contribution in [2.45, 2.75) is 59.3 Å². The molecule has 0 heterocycles. The highest BCUT2D eigenvalue weighted by Gasteiger charge is 1.89. The first kappa shape index (κ1) is 11.7. The van der Waals surface area contributed by atoms with E-state index in [1.54, 1.807) is 0 Å². The summed E-state index contributed by atoms with van der Waals surface area (Å²) in [6.45, 7) is 6.65. The molecule has 71 valence electrons. The van der Waals surface area contributed by atoms with Gasteiger partial charge in [-0.15, -0.1) is 0 Å². The molecule has 0 aliphatic heterocycles. The van der Waals surface area contributed by atoms with E-state index < -0.39 is 0 Å². The Kier molecular flexibility index (Phi) is 8.64. The summed E-state index contributed by atoms with van der Waals surface area (Å²) in [5, 5.41) is 0. The molecule has 0 saturated carbocycles. The third-order valence-corrected chi connectivity index (χ3v) is 1.95. The van der Waals surface area contributed by atoms with E-state index in [1.165, 1.54) is 44.4 Å². The van der Waals surface area contributed by atoms with Gasteiger partial charge in [0.15, 0.2) is 0 Å². The molecule has 0 aliphatic carbocycles. The van der Waals surface area contributed by atoms with E-state index >= 15 is 0 Å². The van der Waals surface area contributed by atoms with Gasteiger partial charge in [0.1, 0.15) is 0 Å². The van der Waals surface area contributed by atoms with Crippen LogP contribution in [0.25, 0.3) is 0 Å². The van der Waals surface area contributed by atoms with E-state index in [0.717, 1.165) is 0 Å². The second-order valence-electron chi connectivity index (χ2n) is 3.71. The highest BCUT2D eigenvalue weighted by Crippen LogP contribution is 2.07. The zero-order valence-electron chi connectivity index (χ0n) is 8.90. The quantitative estimate of drug-likeness (QED) is 0.386. The van der Waals surface area contributed by atoms with Gasteiger partial charge in [0, 0.05) is 0 Å². The van der Waals surface area contributed by atoms with Crippen LogP contribution < -0.4 is 0 Å². The Morgan fingerprint density at radius 1 is 1.00 bits per heavy atom. The molecule has 0 aliphatic rings. The van der Waals surface area contributed by atoms with Gasteiger partial charge in [-0.3, -0.25) is 0 Å². The van der Waals surface area contributed by atoms with E-state index in [1.807, 2.05) is 0 Å².